The summed E-state index contributed by atoms with van der Waals surface area (Å²) in [6.45, 7) is -0.319. The van der Waals surface area contributed by atoms with E-state index in [2.05, 4.69) is 4.74 Å². The Kier molecular flexibility index (Phi) is 6.02. The fraction of sp³-hybridized carbons (Fsp3) is 0.833. The van der Waals surface area contributed by atoms with Gasteiger partial charge in [-0.15, -0.1) is 11.6 Å². The molecular weight excluding hydrogens is 218 g/mol. The zero-order chi connectivity index (χ0) is 10.3. The molecule has 7 heteroatoms. The van der Waals surface area contributed by atoms with Gasteiger partial charge in [0, 0.05) is 12.3 Å². The molecule has 0 aromatic carbocycles. The first-order chi connectivity index (χ1) is 5.95. The third-order valence-electron chi connectivity index (χ3n) is 1.07. The van der Waals surface area contributed by atoms with E-state index in [1.807, 2.05) is 4.72 Å². The fourth-order valence-corrected chi connectivity index (χ4v) is 0.907. The highest BCUT2D eigenvalue weighted by atomic mass is 35.5. The van der Waals surface area contributed by atoms with Crippen LogP contribution in [-0.4, -0.2) is 33.3 Å². The van der Waals surface area contributed by atoms with E-state index in [1.165, 1.54) is 0 Å². The molecule has 0 aliphatic carbocycles. The van der Waals surface area contributed by atoms with Gasteiger partial charge < -0.3 is 4.74 Å². The van der Waals surface area contributed by atoms with Gasteiger partial charge in [-0.3, -0.25) is 4.79 Å². The van der Waals surface area contributed by atoms with Crippen molar-refractivity contribution in [2.75, 3.05) is 18.9 Å². The molecule has 0 aliphatic rings. The van der Waals surface area contributed by atoms with Crippen molar-refractivity contribution >= 4 is 27.6 Å². The van der Waals surface area contributed by atoms with Crippen molar-refractivity contribution in [1.82, 2.24) is 4.72 Å². The molecule has 0 heterocycles. The van der Waals surface area contributed by atoms with Gasteiger partial charge in [0.15, 0.2) is 6.73 Å². The van der Waals surface area contributed by atoms with Crippen LogP contribution in [-0.2, 0) is 19.6 Å². The smallest absolute Gasteiger partial charge is 0.307 e. The SMILES string of the molecule is CS(=O)(=O)NCOC(=O)CCCCl. The molecule has 13 heavy (non-hydrogen) atoms. The quantitative estimate of drug-likeness (QED) is 0.397. The Morgan fingerprint density at radius 2 is 2.15 bits per heavy atom. The van der Waals surface area contributed by atoms with Gasteiger partial charge in [0.25, 0.3) is 0 Å². The number of nitrogens with one attached hydrogen (secondary N) is 1. The van der Waals surface area contributed by atoms with Crippen molar-refractivity contribution in [2.45, 2.75) is 12.8 Å². The van der Waals surface area contributed by atoms with Crippen LogP contribution in [0.4, 0.5) is 0 Å². The van der Waals surface area contributed by atoms with Crippen LogP contribution in [0.25, 0.3) is 0 Å². The molecule has 5 nitrogen and oxygen atoms in total. The largest absolute Gasteiger partial charge is 0.449 e. The molecule has 78 valence electrons. The molecule has 0 rings (SSSR count). The highest BCUT2D eigenvalue weighted by Crippen LogP contribution is 1.94. The molecule has 0 fully saturated rings. The number of rotatable bonds is 6. The second kappa shape index (κ2) is 6.17. The van der Waals surface area contributed by atoms with Crippen LogP contribution < -0.4 is 4.72 Å². The summed E-state index contributed by atoms with van der Waals surface area (Å²) < 4.78 is 27.6. The molecule has 0 aliphatic heterocycles. The number of ether oxygens (including phenoxy) is 1. The van der Waals surface area contributed by atoms with Crippen molar-refractivity contribution in [1.29, 1.82) is 0 Å². The number of hydrogen-bond acceptors (Lipinski definition) is 4. The average molecular weight is 230 g/mol. The number of hydrogen-bond donors (Lipinski definition) is 1. The molecule has 0 aromatic heterocycles. The van der Waals surface area contributed by atoms with Crippen molar-refractivity contribution < 1.29 is 17.9 Å². The molecule has 1 N–H and O–H groups in total. The summed E-state index contributed by atoms with van der Waals surface area (Å²) in [5.74, 6) is -0.0778. The van der Waals surface area contributed by atoms with E-state index in [9.17, 15) is 13.2 Å². The van der Waals surface area contributed by atoms with Crippen LogP contribution >= 0.6 is 11.6 Å². The lowest BCUT2D eigenvalue weighted by Crippen LogP contribution is -2.26. The minimum atomic E-state index is -3.29. The van der Waals surface area contributed by atoms with Crippen molar-refractivity contribution in [3.05, 3.63) is 0 Å². The van der Waals surface area contributed by atoms with E-state index < -0.39 is 16.0 Å². The van der Waals surface area contributed by atoms with Crippen molar-refractivity contribution in [3.63, 3.8) is 0 Å². The maximum atomic E-state index is 10.8. The van der Waals surface area contributed by atoms with E-state index in [4.69, 9.17) is 11.6 Å². The van der Waals surface area contributed by atoms with Crippen LogP contribution in [0.3, 0.4) is 0 Å². The minimum absolute atomic E-state index is 0.203. The monoisotopic (exact) mass is 229 g/mol. The molecular formula is C6H12ClNO4S. The van der Waals surface area contributed by atoms with Crippen LogP contribution in [0, 0.1) is 0 Å². The molecule has 0 atom stereocenters. The number of esters is 1. The van der Waals surface area contributed by atoms with E-state index >= 15 is 0 Å². The molecule has 0 radical (unpaired) electrons. The standard InChI is InChI=1S/C6H12ClNO4S/c1-13(10,11)8-5-12-6(9)3-2-4-7/h8H,2-5H2,1H3. The van der Waals surface area contributed by atoms with Crippen LogP contribution in [0.1, 0.15) is 12.8 Å². The first-order valence-electron chi connectivity index (χ1n) is 3.62. The lowest BCUT2D eigenvalue weighted by molar-refractivity contribution is -0.143. The van der Waals surface area contributed by atoms with Gasteiger partial charge >= 0.3 is 5.97 Å². The van der Waals surface area contributed by atoms with Gasteiger partial charge in [-0.1, -0.05) is 0 Å². The Morgan fingerprint density at radius 3 is 2.62 bits per heavy atom. The number of carbonyl (C=O) groups excluding carboxylic acids is 1. The molecule has 0 unspecified atom stereocenters. The molecule has 0 aromatic rings. The first kappa shape index (κ1) is 12.7. The maximum absolute atomic E-state index is 10.8. The van der Waals surface area contributed by atoms with Crippen molar-refractivity contribution in [3.8, 4) is 0 Å². The van der Waals surface area contributed by atoms with Gasteiger partial charge in [-0.05, 0) is 6.42 Å². The predicted octanol–water partition coefficient (Wildman–Crippen LogP) is 0.0553. The molecule has 0 spiro atoms. The average Bonchev–Trinajstić information content (AvgIpc) is 1.98. The second-order valence-corrected chi connectivity index (χ2v) is 4.58. The summed E-state index contributed by atoms with van der Waals surface area (Å²) in [6.07, 6.45) is 1.72. The second-order valence-electron chi connectivity index (χ2n) is 2.37. The summed E-state index contributed by atoms with van der Waals surface area (Å²) in [6, 6.07) is 0. The van der Waals surface area contributed by atoms with Gasteiger partial charge in [-0.25, -0.2) is 8.42 Å². The lowest BCUT2D eigenvalue weighted by atomic mass is 10.3. The Labute approximate surface area is 82.5 Å². The zero-order valence-electron chi connectivity index (χ0n) is 7.25. The fourth-order valence-electron chi connectivity index (χ4n) is 0.500. The number of sulfonamides is 1. The van der Waals surface area contributed by atoms with Gasteiger partial charge in [0.1, 0.15) is 0 Å². The Balaban J connectivity index is 3.49. The number of carbonyl (C=O) groups is 1. The summed E-state index contributed by atoms with van der Waals surface area (Å²) in [7, 11) is -3.29. The Hall–Kier alpha value is -0.330. The van der Waals surface area contributed by atoms with E-state index in [-0.39, 0.29) is 13.2 Å². The third kappa shape index (κ3) is 9.59. The highest BCUT2D eigenvalue weighted by Gasteiger charge is 2.04. The highest BCUT2D eigenvalue weighted by molar-refractivity contribution is 7.88. The Morgan fingerprint density at radius 1 is 1.54 bits per heavy atom. The van der Waals surface area contributed by atoms with Crippen LogP contribution in [0.5, 0.6) is 0 Å². The Bertz CT molecular complexity index is 251. The van der Waals surface area contributed by atoms with Gasteiger partial charge in [-0.2, -0.15) is 4.72 Å². The topological polar surface area (TPSA) is 72.5 Å². The zero-order valence-corrected chi connectivity index (χ0v) is 8.82. The van der Waals surface area contributed by atoms with E-state index in [0.717, 1.165) is 6.26 Å². The minimum Gasteiger partial charge on any atom is -0.449 e. The van der Waals surface area contributed by atoms with Crippen LogP contribution in [0.2, 0.25) is 0 Å². The molecule has 0 bridgehead atoms. The number of alkyl halides is 1. The normalized spacial score (nSPS) is 11.2. The number of halogens is 1. The lowest BCUT2D eigenvalue weighted by Gasteiger charge is -2.03. The third-order valence-corrected chi connectivity index (χ3v) is 1.98. The first-order valence-corrected chi connectivity index (χ1v) is 6.04. The van der Waals surface area contributed by atoms with Crippen LogP contribution in [0.15, 0.2) is 0 Å². The summed E-state index contributed by atoms with van der Waals surface area (Å²) in [4.78, 5) is 10.8. The van der Waals surface area contributed by atoms with E-state index in [1.54, 1.807) is 0 Å². The molecule has 0 saturated carbocycles. The molecule has 0 saturated heterocycles. The summed E-state index contributed by atoms with van der Waals surface area (Å²) in [5.41, 5.74) is 0. The molecule has 0 amide bonds. The maximum Gasteiger partial charge on any atom is 0.307 e. The van der Waals surface area contributed by atoms with Crippen molar-refractivity contribution in [2.24, 2.45) is 0 Å². The van der Waals surface area contributed by atoms with Gasteiger partial charge in [0.05, 0.1) is 6.26 Å². The summed E-state index contributed by atoms with van der Waals surface area (Å²) in [5, 5.41) is 0. The predicted molar refractivity (Wildman–Crippen MR) is 48.9 cm³/mol. The van der Waals surface area contributed by atoms with Gasteiger partial charge in [0.2, 0.25) is 10.0 Å². The summed E-state index contributed by atoms with van der Waals surface area (Å²) >= 11 is 5.33. The van der Waals surface area contributed by atoms with E-state index in [0.29, 0.717) is 12.3 Å².